The first-order valence-corrected chi connectivity index (χ1v) is 14.0. The van der Waals surface area contributed by atoms with Gasteiger partial charge < -0.3 is 15.2 Å². The second-order valence-electron chi connectivity index (χ2n) is 10.1. The molecule has 36 heavy (non-hydrogen) atoms. The minimum Gasteiger partial charge on any atom is -0.466 e. The SMILES string of the molecule is C/C=C1/CN2CC[C@]34C(=C(C(=O)OC)[C@H]1[C@](O)(CS(=O)(=NC)c1ccccc1)[C@H]23)Nc1ccccc14. The maximum Gasteiger partial charge on any atom is 0.336 e. The van der Waals surface area contributed by atoms with E-state index in [1.165, 1.54) is 7.11 Å². The third-order valence-electron chi connectivity index (χ3n) is 8.64. The van der Waals surface area contributed by atoms with Crippen LogP contribution < -0.4 is 5.32 Å². The van der Waals surface area contributed by atoms with Gasteiger partial charge in [0.05, 0.1) is 39.6 Å². The average Bonchev–Trinajstić information content (AvgIpc) is 3.46. The van der Waals surface area contributed by atoms with Crippen molar-refractivity contribution < 1.29 is 18.8 Å². The number of allylic oxidation sites excluding steroid dienone is 1. The third kappa shape index (κ3) is 2.86. The summed E-state index contributed by atoms with van der Waals surface area (Å²) >= 11 is 0. The number of esters is 1. The molecule has 1 unspecified atom stereocenters. The van der Waals surface area contributed by atoms with Crippen LogP contribution >= 0.6 is 0 Å². The van der Waals surface area contributed by atoms with Crippen LogP contribution in [-0.4, -0.2) is 64.8 Å². The molecule has 2 fully saturated rings. The number of methoxy groups -OCH3 is 1. The lowest BCUT2D eigenvalue weighted by molar-refractivity contribution is -0.141. The molecular formula is C28H31N3O4S. The average molecular weight is 506 g/mol. The van der Waals surface area contributed by atoms with E-state index in [2.05, 4.69) is 20.6 Å². The quantitative estimate of drug-likeness (QED) is 0.489. The summed E-state index contributed by atoms with van der Waals surface area (Å²) < 4.78 is 24.2. The first-order chi connectivity index (χ1) is 17.3. The summed E-state index contributed by atoms with van der Waals surface area (Å²) in [5.41, 5.74) is 2.04. The van der Waals surface area contributed by atoms with Crippen molar-refractivity contribution in [3.05, 3.63) is 83.1 Å². The Morgan fingerprint density at radius 1 is 1.25 bits per heavy atom. The highest BCUT2D eigenvalue weighted by Crippen LogP contribution is 2.64. The fourth-order valence-electron chi connectivity index (χ4n) is 7.36. The molecule has 2 bridgehead atoms. The molecule has 4 aliphatic rings. The van der Waals surface area contributed by atoms with Crippen molar-refractivity contribution in [2.24, 2.45) is 10.3 Å². The van der Waals surface area contributed by atoms with Gasteiger partial charge in [0.25, 0.3) is 0 Å². The standard InChI is InChI=1S/C28H31N3O4S/c1-4-18-16-31-15-14-27-20-12-8-9-13-21(20)30-24(27)22(25(32)35-3)23(18)28(33,26(27)31)17-36(34,29-2)19-10-6-5-7-11-19/h4-13,23,26,30,33H,14-17H2,1-3H3/b18-4-/t23-,26+,27-,28+,36?/m0/s1. The molecule has 8 heteroatoms. The van der Waals surface area contributed by atoms with Gasteiger partial charge in [0.15, 0.2) is 0 Å². The van der Waals surface area contributed by atoms with Crippen LogP contribution in [0.2, 0.25) is 0 Å². The van der Waals surface area contributed by atoms with Crippen LogP contribution in [0.5, 0.6) is 0 Å². The van der Waals surface area contributed by atoms with E-state index in [4.69, 9.17) is 4.74 Å². The number of nitrogens with zero attached hydrogens (tertiary/aromatic N) is 2. The highest BCUT2D eigenvalue weighted by atomic mass is 32.2. The molecule has 0 amide bonds. The van der Waals surface area contributed by atoms with E-state index in [-0.39, 0.29) is 11.8 Å². The maximum atomic E-state index is 14.5. The number of carbonyl (C=O) groups is 1. The van der Waals surface area contributed by atoms with Gasteiger partial charge in [-0.2, -0.15) is 0 Å². The van der Waals surface area contributed by atoms with Gasteiger partial charge in [0.2, 0.25) is 0 Å². The van der Waals surface area contributed by atoms with Crippen LogP contribution in [0, 0.1) is 5.92 Å². The van der Waals surface area contributed by atoms with Crippen molar-refractivity contribution in [2.45, 2.75) is 35.3 Å². The molecule has 3 heterocycles. The van der Waals surface area contributed by atoms with E-state index in [1.807, 2.05) is 49.4 Å². The molecular weight excluding hydrogens is 474 g/mol. The number of anilines is 1. The van der Waals surface area contributed by atoms with Gasteiger partial charge in [-0.3, -0.25) is 4.90 Å². The predicted octanol–water partition coefficient (Wildman–Crippen LogP) is 3.33. The number of piperidine rings is 1. The summed E-state index contributed by atoms with van der Waals surface area (Å²) in [5.74, 6) is -1.21. The Kier molecular flexibility index (Phi) is 5.23. The number of fused-ring (bicyclic) bond motifs is 2. The van der Waals surface area contributed by atoms with Crippen molar-refractivity contribution in [1.29, 1.82) is 0 Å². The molecule has 2 aromatic carbocycles. The number of hydrogen-bond donors (Lipinski definition) is 2. The van der Waals surface area contributed by atoms with Crippen LogP contribution in [0.1, 0.15) is 18.9 Å². The number of nitrogens with one attached hydrogen (secondary N) is 1. The lowest BCUT2D eigenvalue weighted by Gasteiger charge is -2.58. The fraction of sp³-hybridized carbons (Fsp3) is 0.393. The van der Waals surface area contributed by atoms with Crippen molar-refractivity contribution in [3.63, 3.8) is 0 Å². The summed E-state index contributed by atoms with van der Waals surface area (Å²) in [6.45, 7) is 3.32. The lowest BCUT2D eigenvalue weighted by Crippen LogP contribution is -2.71. The summed E-state index contributed by atoms with van der Waals surface area (Å²) in [6.07, 6.45) is 2.72. The number of aliphatic hydroxyl groups is 1. The van der Waals surface area contributed by atoms with Gasteiger partial charge in [-0.25, -0.2) is 13.4 Å². The molecule has 0 aromatic heterocycles. The van der Waals surface area contributed by atoms with E-state index in [9.17, 15) is 14.1 Å². The number of benzene rings is 2. The molecule has 3 aliphatic heterocycles. The summed E-state index contributed by atoms with van der Waals surface area (Å²) in [5, 5.41) is 16.5. The van der Waals surface area contributed by atoms with Crippen molar-refractivity contribution in [3.8, 4) is 0 Å². The minimum atomic E-state index is -3.00. The van der Waals surface area contributed by atoms with Crippen LogP contribution in [0.3, 0.4) is 0 Å². The van der Waals surface area contributed by atoms with E-state index < -0.39 is 32.6 Å². The van der Waals surface area contributed by atoms with Crippen LogP contribution in [0.4, 0.5) is 5.69 Å². The van der Waals surface area contributed by atoms with Crippen LogP contribution in [0.15, 0.2) is 86.8 Å². The van der Waals surface area contributed by atoms with Gasteiger partial charge in [0.1, 0.15) is 5.60 Å². The van der Waals surface area contributed by atoms with Crippen molar-refractivity contribution >= 4 is 21.4 Å². The number of hydrogen-bond acceptors (Lipinski definition) is 7. The van der Waals surface area contributed by atoms with Crippen LogP contribution in [-0.2, 0) is 24.7 Å². The molecule has 188 valence electrons. The predicted molar refractivity (Wildman–Crippen MR) is 139 cm³/mol. The fourth-order valence-corrected chi connectivity index (χ4v) is 9.40. The van der Waals surface area contributed by atoms with Crippen molar-refractivity contribution in [1.82, 2.24) is 4.90 Å². The number of para-hydroxylation sites is 1. The van der Waals surface area contributed by atoms with Crippen molar-refractivity contribution in [2.75, 3.05) is 38.3 Å². The first kappa shape index (κ1) is 23.5. The highest BCUT2D eigenvalue weighted by molar-refractivity contribution is 7.93. The monoisotopic (exact) mass is 505 g/mol. The Hall–Kier alpha value is -2.94. The molecule has 2 N–H and O–H groups in total. The van der Waals surface area contributed by atoms with E-state index in [0.29, 0.717) is 17.0 Å². The molecule has 0 saturated carbocycles. The zero-order valence-electron chi connectivity index (χ0n) is 20.7. The molecule has 1 spiro atoms. The summed E-state index contributed by atoms with van der Waals surface area (Å²) in [6, 6.07) is 16.8. The maximum absolute atomic E-state index is 14.5. The Bertz CT molecular complexity index is 1440. The molecule has 0 radical (unpaired) electrons. The van der Waals surface area contributed by atoms with Crippen LogP contribution in [0.25, 0.3) is 0 Å². The second-order valence-corrected chi connectivity index (χ2v) is 12.5. The third-order valence-corrected chi connectivity index (χ3v) is 11.1. The van der Waals surface area contributed by atoms with Gasteiger partial charge >= 0.3 is 5.97 Å². The molecule has 7 nitrogen and oxygen atoms in total. The first-order valence-electron chi connectivity index (χ1n) is 12.3. The molecule has 1 aliphatic carbocycles. The second kappa shape index (κ2) is 8.03. The number of carbonyl (C=O) groups excluding carboxylic acids is 1. The van der Waals surface area contributed by atoms with Gasteiger partial charge in [-0.15, -0.1) is 0 Å². The van der Waals surface area contributed by atoms with E-state index in [1.54, 1.807) is 19.2 Å². The molecule has 5 atom stereocenters. The van der Waals surface area contributed by atoms with Gasteiger partial charge in [-0.05, 0) is 42.7 Å². The smallest absolute Gasteiger partial charge is 0.336 e. The normalized spacial score (nSPS) is 32.9. The molecule has 6 rings (SSSR count). The van der Waals surface area contributed by atoms with E-state index in [0.717, 1.165) is 35.5 Å². The summed E-state index contributed by atoms with van der Waals surface area (Å²) in [7, 11) is -0.0658. The topological polar surface area (TPSA) is 91.2 Å². The highest BCUT2D eigenvalue weighted by Gasteiger charge is 2.71. The number of rotatable bonds is 4. The Morgan fingerprint density at radius 2 is 1.97 bits per heavy atom. The number of ether oxygens (including phenoxy) is 1. The Labute approximate surface area is 212 Å². The lowest BCUT2D eigenvalue weighted by atomic mass is 9.55. The van der Waals surface area contributed by atoms with Gasteiger partial charge in [-0.1, -0.05) is 42.5 Å². The van der Waals surface area contributed by atoms with Gasteiger partial charge in [0, 0.05) is 42.3 Å². The Balaban J connectivity index is 1.66. The molecule has 2 saturated heterocycles. The Morgan fingerprint density at radius 3 is 2.67 bits per heavy atom. The summed E-state index contributed by atoms with van der Waals surface area (Å²) in [4.78, 5) is 16.4. The van der Waals surface area contributed by atoms with E-state index >= 15 is 0 Å². The minimum absolute atomic E-state index is 0.0820. The molecule has 2 aromatic rings. The zero-order valence-corrected chi connectivity index (χ0v) is 21.5. The largest absolute Gasteiger partial charge is 0.466 e. The zero-order chi connectivity index (χ0) is 25.3.